The first-order valence-corrected chi connectivity index (χ1v) is 5.77. The molecule has 0 aromatic heterocycles. The third-order valence-corrected chi connectivity index (χ3v) is 2.40. The summed E-state index contributed by atoms with van der Waals surface area (Å²) in [6, 6.07) is 7.60. The fourth-order valence-corrected chi connectivity index (χ4v) is 1.38. The summed E-state index contributed by atoms with van der Waals surface area (Å²) in [5.74, 6) is 0.395. The number of para-hydroxylation sites is 1. The van der Waals surface area contributed by atoms with Gasteiger partial charge in [0.05, 0.1) is 13.7 Å². The molecule has 0 saturated carbocycles. The molecule has 1 atom stereocenters. The molecule has 5 nitrogen and oxygen atoms in total. The van der Waals surface area contributed by atoms with Crippen LogP contribution in [0.5, 0.6) is 5.75 Å². The van der Waals surface area contributed by atoms with Crippen LogP contribution in [0.2, 0.25) is 0 Å². The van der Waals surface area contributed by atoms with Gasteiger partial charge >= 0.3 is 5.97 Å². The van der Waals surface area contributed by atoms with Gasteiger partial charge in [0.15, 0.2) is 0 Å². The lowest BCUT2D eigenvalue weighted by atomic mass is 10.2. The van der Waals surface area contributed by atoms with Gasteiger partial charge in [0.1, 0.15) is 18.5 Å². The van der Waals surface area contributed by atoms with Crippen LogP contribution in [0, 0.1) is 6.92 Å². The first kappa shape index (κ1) is 14.5. The number of aliphatic hydroxyl groups excluding tert-OH is 1. The molecule has 5 heteroatoms. The molecule has 0 saturated heterocycles. The summed E-state index contributed by atoms with van der Waals surface area (Å²) in [4.78, 5) is 10.8. The molecule has 18 heavy (non-hydrogen) atoms. The van der Waals surface area contributed by atoms with Crippen LogP contribution in [-0.4, -0.2) is 44.0 Å². The predicted molar refractivity (Wildman–Crippen MR) is 67.6 cm³/mol. The number of carbonyl (C=O) groups is 1. The van der Waals surface area contributed by atoms with Gasteiger partial charge in [0.2, 0.25) is 0 Å². The lowest BCUT2D eigenvalue weighted by molar-refractivity contribution is -0.139. The Labute approximate surface area is 107 Å². The highest BCUT2D eigenvalue weighted by Gasteiger charge is 2.07. The number of aryl methyl sites for hydroxylation is 1. The van der Waals surface area contributed by atoms with Crippen molar-refractivity contribution in [3.63, 3.8) is 0 Å². The summed E-state index contributed by atoms with van der Waals surface area (Å²) in [5.41, 5.74) is 1.02. The van der Waals surface area contributed by atoms with Gasteiger partial charge in [0.25, 0.3) is 0 Å². The van der Waals surface area contributed by atoms with Crippen molar-refractivity contribution in [2.75, 3.05) is 26.8 Å². The zero-order chi connectivity index (χ0) is 13.4. The summed E-state index contributed by atoms with van der Waals surface area (Å²) in [7, 11) is 1.32. The number of ether oxygens (including phenoxy) is 2. The normalized spacial score (nSPS) is 11.9. The average molecular weight is 253 g/mol. The SMILES string of the molecule is COC(=O)CNCC(O)COc1ccccc1C. The maximum absolute atomic E-state index is 10.8. The lowest BCUT2D eigenvalue weighted by Crippen LogP contribution is -2.34. The third kappa shape index (κ3) is 5.16. The second kappa shape index (κ2) is 7.68. The minimum Gasteiger partial charge on any atom is -0.491 e. The zero-order valence-electron chi connectivity index (χ0n) is 10.7. The summed E-state index contributed by atoms with van der Waals surface area (Å²) >= 11 is 0. The molecule has 0 amide bonds. The van der Waals surface area contributed by atoms with E-state index in [9.17, 15) is 9.90 Å². The fraction of sp³-hybridized carbons (Fsp3) is 0.462. The van der Waals surface area contributed by atoms with Gasteiger partial charge in [-0.3, -0.25) is 4.79 Å². The monoisotopic (exact) mass is 253 g/mol. The van der Waals surface area contributed by atoms with Gasteiger partial charge < -0.3 is 19.9 Å². The van der Waals surface area contributed by atoms with E-state index >= 15 is 0 Å². The van der Waals surface area contributed by atoms with Crippen molar-refractivity contribution in [2.45, 2.75) is 13.0 Å². The standard InChI is InChI=1S/C13H19NO4/c1-10-5-3-4-6-12(10)18-9-11(15)7-14-8-13(16)17-2/h3-6,11,14-15H,7-9H2,1-2H3. The number of hydrogen-bond acceptors (Lipinski definition) is 5. The highest BCUT2D eigenvalue weighted by Crippen LogP contribution is 2.16. The largest absolute Gasteiger partial charge is 0.491 e. The lowest BCUT2D eigenvalue weighted by Gasteiger charge is -2.14. The molecule has 1 aromatic rings. The molecule has 0 spiro atoms. The first-order valence-electron chi connectivity index (χ1n) is 5.77. The minimum absolute atomic E-state index is 0.0813. The van der Waals surface area contributed by atoms with Gasteiger partial charge in [0, 0.05) is 6.54 Å². The summed E-state index contributed by atoms with van der Waals surface area (Å²) in [6.45, 7) is 2.48. The van der Waals surface area contributed by atoms with Crippen molar-refractivity contribution >= 4 is 5.97 Å². The number of benzene rings is 1. The zero-order valence-corrected chi connectivity index (χ0v) is 10.7. The van der Waals surface area contributed by atoms with Crippen LogP contribution in [0.4, 0.5) is 0 Å². The maximum Gasteiger partial charge on any atom is 0.319 e. The topological polar surface area (TPSA) is 67.8 Å². The second-order valence-electron chi connectivity index (χ2n) is 3.94. The summed E-state index contributed by atoms with van der Waals surface area (Å²) < 4.78 is 9.94. The van der Waals surface area contributed by atoms with Crippen molar-refractivity contribution < 1.29 is 19.4 Å². The quantitative estimate of drug-likeness (QED) is 0.693. The Balaban J connectivity index is 2.23. The van der Waals surface area contributed by atoms with Crippen molar-refractivity contribution in [2.24, 2.45) is 0 Å². The molecule has 0 aliphatic heterocycles. The molecule has 0 fully saturated rings. The molecule has 0 aliphatic rings. The van der Waals surface area contributed by atoms with Gasteiger partial charge in [-0.25, -0.2) is 0 Å². The van der Waals surface area contributed by atoms with Crippen molar-refractivity contribution in [3.8, 4) is 5.75 Å². The van der Waals surface area contributed by atoms with E-state index in [4.69, 9.17) is 4.74 Å². The van der Waals surface area contributed by atoms with E-state index in [0.29, 0.717) is 0 Å². The van der Waals surface area contributed by atoms with Crippen LogP contribution in [0.25, 0.3) is 0 Å². The Hall–Kier alpha value is -1.59. The minimum atomic E-state index is -0.672. The van der Waals surface area contributed by atoms with E-state index in [0.717, 1.165) is 11.3 Å². The molecule has 1 unspecified atom stereocenters. The molecular weight excluding hydrogens is 234 g/mol. The fourth-order valence-electron chi connectivity index (χ4n) is 1.38. The van der Waals surface area contributed by atoms with Crippen LogP contribution in [-0.2, 0) is 9.53 Å². The third-order valence-electron chi connectivity index (χ3n) is 2.40. The first-order chi connectivity index (χ1) is 8.63. The van der Waals surface area contributed by atoms with Crippen molar-refractivity contribution in [1.29, 1.82) is 0 Å². The van der Waals surface area contributed by atoms with Gasteiger partial charge in [-0.05, 0) is 18.6 Å². The molecule has 0 bridgehead atoms. The molecule has 100 valence electrons. The Morgan fingerprint density at radius 1 is 1.44 bits per heavy atom. The Morgan fingerprint density at radius 2 is 2.17 bits per heavy atom. The van der Waals surface area contributed by atoms with Crippen LogP contribution < -0.4 is 10.1 Å². The van der Waals surface area contributed by atoms with Crippen LogP contribution in [0.1, 0.15) is 5.56 Å². The summed E-state index contributed by atoms with van der Waals surface area (Å²) in [6.07, 6.45) is -0.672. The van der Waals surface area contributed by atoms with E-state index in [1.807, 2.05) is 31.2 Å². The Morgan fingerprint density at radius 3 is 2.83 bits per heavy atom. The van der Waals surface area contributed by atoms with Gasteiger partial charge in [-0.15, -0.1) is 0 Å². The maximum atomic E-state index is 10.8. The molecule has 2 N–H and O–H groups in total. The predicted octanol–water partition coefficient (Wildman–Crippen LogP) is 0.497. The number of nitrogens with one attached hydrogen (secondary N) is 1. The van der Waals surface area contributed by atoms with Crippen molar-refractivity contribution in [3.05, 3.63) is 29.8 Å². The van der Waals surface area contributed by atoms with Crippen LogP contribution in [0.15, 0.2) is 24.3 Å². The number of methoxy groups -OCH3 is 1. The number of esters is 1. The van der Waals surface area contributed by atoms with E-state index in [2.05, 4.69) is 10.1 Å². The molecule has 0 aliphatic carbocycles. The molecule has 1 aromatic carbocycles. The summed E-state index contributed by atoms with van der Waals surface area (Å²) in [5, 5.41) is 12.4. The highest BCUT2D eigenvalue weighted by atomic mass is 16.5. The number of hydrogen-bond donors (Lipinski definition) is 2. The molecular formula is C13H19NO4. The Kier molecular flexibility index (Phi) is 6.18. The highest BCUT2D eigenvalue weighted by molar-refractivity contribution is 5.71. The van der Waals surface area contributed by atoms with Crippen LogP contribution in [0.3, 0.4) is 0 Å². The van der Waals surface area contributed by atoms with E-state index in [1.54, 1.807) is 0 Å². The smallest absolute Gasteiger partial charge is 0.319 e. The Bertz CT molecular complexity index is 381. The number of aliphatic hydroxyl groups is 1. The van der Waals surface area contributed by atoms with Gasteiger partial charge in [-0.2, -0.15) is 0 Å². The number of carbonyl (C=O) groups excluding carboxylic acids is 1. The second-order valence-corrected chi connectivity index (χ2v) is 3.94. The molecule has 0 radical (unpaired) electrons. The van der Waals surface area contributed by atoms with E-state index < -0.39 is 6.10 Å². The van der Waals surface area contributed by atoms with E-state index in [-0.39, 0.29) is 25.7 Å². The van der Waals surface area contributed by atoms with Crippen LogP contribution >= 0.6 is 0 Å². The van der Waals surface area contributed by atoms with Gasteiger partial charge in [-0.1, -0.05) is 18.2 Å². The molecule has 1 rings (SSSR count). The van der Waals surface area contributed by atoms with E-state index in [1.165, 1.54) is 7.11 Å². The average Bonchev–Trinajstić information content (AvgIpc) is 2.37. The molecule has 0 heterocycles. The van der Waals surface area contributed by atoms with Crippen molar-refractivity contribution in [1.82, 2.24) is 5.32 Å². The number of rotatable bonds is 7.